The molecule has 122 valence electrons. The summed E-state index contributed by atoms with van der Waals surface area (Å²) in [5, 5.41) is 13.6. The summed E-state index contributed by atoms with van der Waals surface area (Å²) in [6, 6.07) is 8.75. The highest BCUT2D eigenvalue weighted by molar-refractivity contribution is 7.09. The number of carboxylic acids is 1. The Morgan fingerprint density at radius 3 is 2.78 bits per heavy atom. The van der Waals surface area contributed by atoms with Crippen LogP contribution >= 0.6 is 22.9 Å². The van der Waals surface area contributed by atoms with Crippen LogP contribution in [0.3, 0.4) is 0 Å². The molecule has 0 saturated carbocycles. The van der Waals surface area contributed by atoms with Crippen molar-refractivity contribution in [3.8, 4) is 5.75 Å². The monoisotopic (exact) mass is 353 g/mol. The topological polar surface area (TPSA) is 75.6 Å². The Bertz CT molecular complexity index is 673. The lowest BCUT2D eigenvalue weighted by molar-refractivity contribution is -0.139. The summed E-state index contributed by atoms with van der Waals surface area (Å²) in [5.74, 6) is -0.897. The van der Waals surface area contributed by atoms with Gasteiger partial charge in [0, 0.05) is 17.0 Å². The van der Waals surface area contributed by atoms with Crippen molar-refractivity contribution < 1.29 is 19.4 Å². The number of carbonyl (C=O) groups excluding carboxylic acids is 1. The van der Waals surface area contributed by atoms with Gasteiger partial charge >= 0.3 is 5.97 Å². The average molecular weight is 354 g/mol. The molecule has 0 radical (unpaired) electrons. The van der Waals surface area contributed by atoms with Crippen LogP contribution in [0.25, 0.3) is 0 Å². The van der Waals surface area contributed by atoms with E-state index in [-0.39, 0.29) is 16.7 Å². The number of carboxylic acid groups (broad SMARTS) is 1. The van der Waals surface area contributed by atoms with Crippen molar-refractivity contribution in [1.29, 1.82) is 0 Å². The van der Waals surface area contributed by atoms with Crippen LogP contribution in [0.1, 0.15) is 17.7 Å². The van der Waals surface area contributed by atoms with E-state index in [4.69, 9.17) is 21.4 Å². The maximum atomic E-state index is 11.9. The number of nitrogens with one attached hydrogen (secondary N) is 1. The second-order valence-corrected chi connectivity index (χ2v) is 6.25. The highest BCUT2D eigenvalue weighted by atomic mass is 35.5. The molecule has 0 aliphatic heterocycles. The minimum Gasteiger partial charge on any atom is -0.480 e. The summed E-state index contributed by atoms with van der Waals surface area (Å²) in [6.07, 6.45) is 2.08. The van der Waals surface area contributed by atoms with E-state index in [1.54, 1.807) is 17.4 Å². The predicted octanol–water partition coefficient (Wildman–Crippen LogP) is 3.83. The third-order valence-electron chi connectivity index (χ3n) is 2.97. The Balaban J connectivity index is 1.81. The number of ether oxygens (including phenoxy) is 1. The molecule has 0 spiro atoms. The van der Waals surface area contributed by atoms with Gasteiger partial charge in [-0.15, -0.1) is 11.3 Å². The Hall–Kier alpha value is -2.05. The zero-order valence-corrected chi connectivity index (χ0v) is 13.8. The van der Waals surface area contributed by atoms with Crippen LogP contribution in [0.15, 0.2) is 35.7 Å². The standard InChI is InChI=1S/C16H16ClNO4S/c17-13-9-11(6-7-14(13)22-10-16(20)21)18-15(19)5-1-3-12-4-2-8-23-12/h2,4,6-9H,1,3,5,10H2,(H,18,19)(H,20,21). The smallest absolute Gasteiger partial charge is 0.341 e. The average Bonchev–Trinajstić information content (AvgIpc) is 2.99. The maximum absolute atomic E-state index is 11.9. The van der Waals surface area contributed by atoms with Crippen molar-refractivity contribution in [1.82, 2.24) is 0 Å². The summed E-state index contributed by atoms with van der Waals surface area (Å²) < 4.78 is 5.02. The number of hydrogen-bond acceptors (Lipinski definition) is 4. The van der Waals surface area contributed by atoms with E-state index >= 15 is 0 Å². The number of aryl methyl sites for hydroxylation is 1. The van der Waals surface area contributed by atoms with E-state index < -0.39 is 12.6 Å². The van der Waals surface area contributed by atoms with Gasteiger partial charge in [0.25, 0.3) is 0 Å². The first-order chi connectivity index (χ1) is 11.0. The fourth-order valence-electron chi connectivity index (χ4n) is 1.94. The van der Waals surface area contributed by atoms with Crippen LogP contribution in [0.4, 0.5) is 5.69 Å². The number of anilines is 1. The molecule has 0 atom stereocenters. The van der Waals surface area contributed by atoms with E-state index in [0.29, 0.717) is 12.1 Å². The molecule has 1 heterocycles. The summed E-state index contributed by atoms with van der Waals surface area (Å²) in [7, 11) is 0. The summed E-state index contributed by atoms with van der Waals surface area (Å²) >= 11 is 7.68. The number of thiophene rings is 1. The second-order valence-electron chi connectivity index (χ2n) is 4.81. The van der Waals surface area contributed by atoms with Gasteiger partial charge in [-0.1, -0.05) is 17.7 Å². The van der Waals surface area contributed by atoms with Crippen molar-refractivity contribution >= 4 is 40.5 Å². The number of benzene rings is 1. The van der Waals surface area contributed by atoms with E-state index in [1.807, 2.05) is 11.4 Å². The SMILES string of the molecule is O=C(O)COc1ccc(NC(=O)CCCc2cccs2)cc1Cl. The van der Waals surface area contributed by atoms with Gasteiger partial charge in [-0.25, -0.2) is 4.79 Å². The third-order valence-corrected chi connectivity index (χ3v) is 4.21. The molecule has 0 aliphatic carbocycles. The zero-order chi connectivity index (χ0) is 16.7. The first-order valence-electron chi connectivity index (χ1n) is 7.01. The number of hydrogen-bond donors (Lipinski definition) is 2. The third kappa shape index (κ3) is 5.92. The van der Waals surface area contributed by atoms with Gasteiger partial charge in [-0.05, 0) is 42.5 Å². The Labute approximate surface area is 142 Å². The van der Waals surface area contributed by atoms with Crippen LogP contribution < -0.4 is 10.1 Å². The largest absolute Gasteiger partial charge is 0.480 e. The van der Waals surface area contributed by atoms with Gasteiger partial charge < -0.3 is 15.2 Å². The summed E-state index contributed by atoms with van der Waals surface area (Å²) in [6.45, 7) is -0.464. The van der Waals surface area contributed by atoms with Crippen LogP contribution in [0, 0.1) is 0 Å². The van der Waals surface area contributed by atoms with Crippen molar-refractivity contribution in [3.05, 3.63) is 45.6 Å². The molecule has 0 bridgehead atoms. The molecule has 0 saturated heterocycles. The van der Waals surface area contributed by atoms with Crippen LogP contribution in [-0.4, -0.2) is 23.6 Å². The van der Waals surface area contributed by atoms with Crippen LogP contribution in [-0.2, 0) is 16.0 Å². The van der Waals surface area contributed by atoms with Crippen molar-refractivity contribution in [3.63, 3.8) is 0 Å². The van der Waals surface area contributed by atoms with Crippen LogP contribution in [0.5, 0.6) is 5.75 Å². The lowest BCUT2D eigenvalue weighted by atomic mass is 10.2. The molecule has 2 rings (SSSR count). The van der Waals surface area contributed by atoms with Gasteiger partial charge in [0.05, 0.1) is 5.02 Å². The summed E-state index contributed by atoms with van der Waals surface area (Å²) in [5.41, 5.74) is 0.554. The van der Waals surface area contributed by atoms with Gasteiger partial charge in [-0.3, -0.25) is 4.79 Å². The molecule has 1 amide bonds. The van der Waals surface area contributed by atoms with E-state index in [2.05, 4.69) is 11.4 Å². The Morgan fingerprint density at radius 2 is 2.13 bits per heavy atom. The zero-order valence-electron chi connectivity index (χ0n) is 12.3. The molecule has 1 aromatic carbocycles. The van der Waals surface area contributed by atoms with Gasteiger partial charge in [0.15, 0.2) is 6.61 Å². The lowest BCUT2D eigenvalue weighted by Gasteiger charge is -2.09. The van der Waals surface area contributed by atoms with Gasteiger partial charge in [-0.2, -0.15) is 0 Å². The fourth-order valence-corrected chi connectivity index (χ4v) is 2.92. The van der Waals surface area contributed by atoms with E-state index in [0.717, 1.165) is 12.8 Å². The van der Waals surface area contributed by atoms with Gasteiger partial charge in [0.2, 0.25) is 5.91 Å². The number of rotatable bonds is 8. The molecule has 2 aromatic rings. The molecular weight excluding hydrogens is 338 g/mol. The van der Waals surface area contributed by atoms with Crippen LogP contribution in [0.2, 0.25) is 5.02 Å². The molecular formula is C16H16ClNO4S. The van der Waals surface area contributed by atoms with Crippen molar-refractivity contribution in [2.45, 2.75) is 19.3 Å². The van der Waals surface area contributed by atoms with E-state index in [1.165, 1.54) is 17.0 Å². The molecule has 2 N–H and O–H groups in total. The normalized spacial score (nSPS) is 10.3. The van der Waals surface area contributed by atoms with Crippen molar-refractivity contribution in [2.75, 3.05) is 11.9 Å². The molecule has 1 aromatic heterocycles. The van der Waals surface area contributed by atoms with Crippen molar-refractivity contribution in [2.24, 2.45) is 0 Å². The first kappa shape index (κ1) is 17.3. The second kappa shape index (κ2) is 8.55. The minimum atomic E-state index is -1.08. The van der Waals surface area contributed by atoms with E-state index in [9.17, 15) is 9.59 Å². The molecule has 0 aliphatic rings. The minimum absolute atomic E-state index is 0.0863. The predicted molar refractivity (Wildman–Crippen MR) is 90.5 cm³/mol. The number of carbonyl (C=O) groups is 2. The first-order valence-corrected chi connectivity index (χ1v) is 8.27. The number of amides is 1. The Morgan fingerprint density at radius 1 is 1.30 bits per heavy atom. The molecule has 23 heavy (non-hydrogen) atoms. The highest BCUT2D eigenvalue weighted by Gasteiger charge is 2.08. The molecule has 7 heteroatoms. The lowest BCUT2D eigenvalue weighted by Crippen LogP contribution is -2.12. The van der Waals surface area contributed by atoms with Gasteiger partial charge in [0.1, 0.15) is 5.75 Å². The Kier molecular flexibility index (Phi) is 6.43. The molecule has 5 nitrogen and oxygen atoms in total. The number of halogens is 1. The quantitative estimate of drug-likeness (QED) is 0.756. The molecule has 0 fully saturated rings. The summed E-state index contributed by atoms with van der Waals surface area (Å²) in [4.78, 5) is 23.6. The maximum Gasteiger partial charge on any atom is 0.341 e. The number of aliphatic carboxylic acids is 1. The molecule has 0 unspecified atom stereocenters. The fraction of sp³-hybridized carbons (Fsp3) is 0.250. The highest BCUT2D eigenvalue weighted by Crippen LogP contribution is 2.27.